The number of aromatic nitrogens is 4. The second-order valence-corrected chi connectivity index (χ2v) is 4.22. The highest BCUT2D eigenvalue weighted by Crippen LogP contribution is 2.31. The highest BCUT2D eigenvalue weighted by molar-refractivity contribution is 7.14. The summed E-state index contributed by atoms with van der Waals surface area (Å²) in [5.41, 5.74) is 12.1. The second kappa shape index (κ2) is 3.43. The van der Waals surface area contributed by atoms with Gasteiger partial charge >= 0.3 is 0 Å². The van der Waals surface area contributed by atoms with E-state index in [0.717, 1.165) is 5.01 Å². The van der Waals surface area contributed by atoms with Gasteiger partial charge in [0.25, 0.3) is 0 Å². The van der Waals surface area contributed by atoms with Crippen molar-refractivity contribution in [2.24, 2.45) is 0 Å². The largest absolute Gasteiger partial charge is 0.383 e. The van der Waals surface area contributed by atoms with E-state index in [9.17, 15) is 0 Å². The van der Waals surface area contributed by atoms with Gasteiger partial charge in [-0.25, -0.2) is 9.97 Å². The van der Waals surface area contributed by atoms with Gasteiger partial charge in [0.15, 0.2) is 5.01 Å². The summed E-state index contributed by atoms with van der Waals surface area (Å²) in [6.07, 6.45) is 0. The number of nitrogens with zero attached hydrogens (tertiary/aromatic N) is 4. The Balaban J connectivity index is 2.62. The van der Waals surface area contributed by atoms with Gasteiger partial charge in [-0.3, -0.25) is 0 Å². The van der Waals surface area contributed by atoms with E-state index in [-0.39, 0.29) is 0 Å². The van der Waals surface area contributed by atoms with Gasteiger partial charge in [-0.15, -0.1) is 10.2 Å². The molecule has 0 aliphatic heterocycles. The van der Waals surface area contributed by atoms with E-state index in [2.05, 4.69) is 20.2 Å². The first-order chi connectivity index (χ1) is 7.08. The average molecular weight is 222 g/mol. The quantitative estimate of drug-likeness (QED) is 0.738. The highest BCUT2D eigenvalue weighted by atomic mass is 32.1. The Morgan fingerprint density at radius 3 is 2.07 bits per heavy atom. The van der Waals surface area contributed by atoms with Crippen molar-refractivity contribution in [2.75, 3.05) is 11.5 Å². The van der Waals surface area contributed by atoms with Gasteiger partial charge in [0.2, 0.25) is 0 Å². The van der Waals surface area contributed by atoms with Crippen molar-refractivity contribution < 1.29 is 0 Å². The van der Waals surface area contributed by atoms with Gasteiger partial charge in [-0.2, -0.15) is 0 Å². The van der Waals surface area contributed by atoms with Crippen molar-refractivity contribution in [1.29, 1.82) is 0 Å². The van der Waals surface area contributed by atoms with E-state index >= 15 is 0 Å². The van der Waals surface area contributed by atoms with Crippen molar-refractivity contribution >= 4 is 23.0 Å². The highest BCUT2D eigenvalue weighted by Gasteiger charge is 2.14. The molecule has 0 unspecified atom stereocenters. The standard InChI is InChI=1S/C8H10N6S/c1-3-11-6(9)5(7(10)12-3)8-14-13-4(2)15-8/h1-2H3,(H4,9,10,11,12). The number of aryl methyl sites for hydroxylation is 2. The fraction of sp³-hybridized carbons (Fsp3) is 0.250. The molecule has 6 nitrogen and oxygen atoms in total. The summed E-state index contributed by atoms with van der Waals surface area (Å²) < 4.78 is 0. The van der Waals surface area contributed by atoms with Gasteiger partial charge in [0.1, 0.15) is 22.5 Å². The topological polar surface area (TPSA) is 104 Å². The molecule has 4 N–H and O–H groups in total. The first-order valence-corrected chi connectivity index (χ1v) is 5.09. The van der Waals surface area contributed by atoms with Crippen LogP contribution in [0.2, 0.25) is 0 Å². The van der Waals surface area contributed by atoms with Crippen LogP contribution in [-0.4, -0.2) is 20.2 Å². The van der Waals surface area contributed by atoms with Crippen LogP contribution in [0.15, 0.2) is 0 Å². The predicted molar refractivity (Wildman–Crippen MR) is 59.2 cm³/mol. The van der Waals surface area contributed by atoms with Crippen molar-refractivity contribution in [3.05, 3.63) is 10.8 Å². The van der Waals surface area contributed by atoms with Gasteiger partial charge in [0.05, 0.1) is 5.56 Å². The predicted octanol–water partition coefficient (Wildman–Crippen LogP) is 0.776. The monoisotopic (exact) mass is 222 g/mol. The van der Waals surface area contributed by atoms with Crippen molar-refractivity contribution in [3.63, 3.8) is 0 Å². The fourth-order valence-electron chi connectivity index (χ4n) is 1.23. The number of hydrogen-bond acceptors (Lipinski definition) is 7. The van der Waals surface area contributed by atoms with Crippen LogP contribution in [-0.2, 0) is 0 Å². The van der Waals surface area contributed by atoms with E-state index in [4.69, 9.17) is 11.5 Å². The molecule has 0 aliphatic rings. The normalized spacial score (nSPS) is 10.5. The van der Waals surface area contributed by atoms with Crippen LogP contribution in [0, 0.1) is 13.8 Å². The van der Waals surface area contributed by atoms with Gasteiger partial charge < -0.3 is 11.5 Å². The average Bonchev–Trinajstić information content (AvgIpc) is 2.49. The lowest BCUT2D eigenvalue weighted by Crippen LogP contribution is -2.04. The van der Waals surface area contributed by atoms with Crippen LogP contribution >= 0.6 is 11.3 Å². The summed E-state index contributed by atoms with van der Waals surface area (Å²) in [4.78, 5) is 8.09. The third kappa shape index (κ3) is 1.73. The fourth-order valence-corrected chi connectivity index (χ4v) is 1.99. The van der Waals surface area contributed by atoms with E-state index in [1.165, 1.54) is 11.3 Å². The third-order valence-corrected chi connectivity index (χ3v) is 2.67. The Morgan fingerprint density at radius 2 is 1.60 bits per heavy atom. The van der Waals surface area contributed by atoms with Crippen LogP contribution in [0.1, 0.15) is 10.8 Å². The van der Waals surface area contributed by atoms with E-state index in [1.54, 1.807) is 6.92 Å². The van der Waals surface area contributed by atoms with Gasteiger partial charge in [-0.1, -0.05) is 11.3 Å². The number of hydrogen-bond donors (Lipinski definition) is 2. The van der Waals surface area contributed by atoms with Crippen molar-refractivity contribution in [1.82, 2.24) is 20.2 Å². The number of nitrogen functional groups attached to an aromatic ring is 2. The Morgan fingerprint density at radius 1 is 1.00 bits per heavy atom. The molecule has 2 heterocycles. The lowest BCUT2D eigenvalue weighted by Gasteiger charge is -2.04. The molecule has 0 amide bonds. The van der Waals surface area contributed by atoms with Crippen LogP contribution in [0.3, 0.4) is 0 Å². The molecular weight excluding hydrogens is 212 g/mol. The van der Waals surface area contributed by atoms with Crippen molar-refractivity contribution in [2.45, 2.75) is 13.8 Å². The lowest BCUT2D eigenvalue weighted by molar-refractivity contribution is 1.04. The summed E-state index contributed by atoms with van der Waals surface area (Å²) in [7, 11) is 0. The smallest absolute Gasteiger partial charge is 0.155 e. The van der Waals surface area contributed by atoms with E-state index < -0.39 is 0 Å². The summed E-state index contributed by atoms with van der Waals surface area (Å²) in [6.45, 7) is 3.60. The van der Waals surface area contributed by atoms with Crippen LogP contribution in [0.25, 0.3) is 10.6 Å². The minimum Gasteiger partial charge on any atom is -0.383 e. The summed E-state index contributed by atoms with van der Waals surface area (Å²) in [5.74, 6) is 1.24. The Hall–Kier alpha value is -1.76. The van der Waals surface area contributed by atoms with E-state index in [1.807, 2.05) is 6.92 Å². The molecule has 0 aliphatic carbocycles. The Labute approximate surface area is 90.4 Å². The molecule has 2 aromatic rings. The Bertz CT molecular complexity index is 483. The van der Waals surface area contributed by atoms with Crippen LogP contribution in [0.4, 0.5) is 11.6 Å². The SMILES string of the molecule is Cc1nc(N)c(-c2nnc(C)s2)c(N)n1. The second-order valence-electron chi connectivity index (χ2n) is 3.04. The maximum Gasteiger partial charge on any atom is 0.155 e. The summed E-state index contributed by atoms with van der Waals surface area (Å²) >= 11 is 1.41. The molecule has 0 aromatic carbocycles. The molecule has 0 saturated heterocycles. The number of nitrogens with two attached hydrogens (primary N) is 2. The van der Waals surface area contributed by atoms with Crippen molar-refractivity contribution in [3.8, 4) is 10.6 Å². The maximum atomic E-state index is 5.77. The molecule has 0 spiro atoms. The summed E-state index contributed by atoms with van der Waals surface area (Å²) in [6, 6.07) is 0. The zero-order valence-electron chi connectivity index (χ0n) is 8.35. The minimum atomic E-state index is 0.344. The number of rotatable bonds is 1. The molecule has 2 aromatic heterocycles. The van der Waals surface area contributed by atoms with Crippen LogP contribution < -0.4 is 11.5 Å². The first-order valence-electron chi connectivity index (χ1n) is 4.28. The molecule has 0 bridgehead atoms. The molecule has 0 atom stereocenters. The number of anilines is 2. The minimum absolute atomic E-state index is 0.344. The molecule has 7 heteroatoms. The zero-order valence-corrected chi connectivity index (χ0v) is 9.17. The molecule has 78 valence electrons. The third-order valence-electron chi connectivity index (χ3n) is 1.82. The zero-order chi connectivity index (χ0) is 11.0. The maximum absolute atomic E-state index is 5.77. The van der Waals surface area contributed by atoms with Crippen LogP contribution in [0.5, 0.6) is 0 Å². The van der Waals surface area contributed by atoms with E-state index in [0.29, 0.717) is 28.0 Å². The molecule has 0 fully saturated rings. The summed E-state index contributed by atoms with van der Waals surface area (Å²) in [5, 5.41) is 9.37. The molecule has 2 rings (SSSR count). The van der Waals surface area contributed by atoms with Gasteiger partial charge in [-0.05, 0) is 13.8 Å². The molecular formula is C8H10N6S. The molecule has 15 heavy (non-hydrogen) atoms. The first kappa shape index (κ1) is 9.78. The Kier molecular flexibility index (Phi) is 2.24. The van der Waals surface area contributed by atoms with Gasteiger partial charge in [0, 0.05) is 0 Å². The lowest BCUT2D eigenvalue weighted by atomic mass is 10.3. The molecule has 0 saturated carbocycles. The molecule has 0 radical (unpaired) electrons.